The van der Waals surface area contributed by atoms with Crippen LogP contribution in [0.2, 0.25) is 0 Å². The molecule has 2 aliphatic heterocycles. The molecule has 0 amide bonds. The van der Waals surface area contributed by atoms with Crippen LogP contribution in [0.3, 0.4) is 0 Å². The summed E-state index contributed by atoms with van der Waals surface area (Å²) in [5, 5.41) is 10.1. The minimum atomic E-state index is -0.108. The second-order valence-corrected chi connectivity index (χ2v) is 8.24. The van der Waals surface area contributed by atoms with E-state index < -0.39 is 0 Å². The van der Waals surface area contributed by atoms with E-state index >= 15 is 0 Å². The zero-order chi connectivity index (χ0) is 16.6. The van der Waals surface area contributed by atoms with E-state index in [0.29, 0.717) is 6.04 Å². The summed E-state index contributed by atoms with van der Waals surface area (Å²) in [7, 11) is 0. The van der Waals surface area contributed by atoms with Gasteiger partial charge in [0.05, 0.1) is 12.1 Å². The summed E-state index contributed by atoms with van der Waals surface area (Å²) in [6, 6.07) is 12.1. The Balaban J connectivity index is 1.48. The summed E-state index contributed by atoms with van der Waals surface area (Å²) in [6.45, 7) is 9.02. The molecule has 0 radical (unpaired) electrons. The van der Waals surface area contributed by atoms with Crippen molar-refractivity contribution in [2.24, 2.45) is 0 Å². The summed E-state index contributed by atoms with van der Waals surface area (Å²) < 4.78 is 0. The van der Waals surface area contributed by atoms with Gasteiger partial charge in [0, 0.05) is 51.4 Å². The van der Waals surface area contributed by atoms with Crippen molar-refractivity contribution in [1.82, 2.24) is 14.7 Å². The molecule has 24 heavy (non-hydrogen) atoms. The van der Waals surface area contributed by atoms with E-state index in [-0.39, 0.29) is 12.1 Å². The van der Waals surface area contributed by atoms with Crippen molar-refractivity contribution in [2.45, 2.75) is 50.4 Å². The van der Waals surface area contributed by atoms with E-state index in [2.05, 4.69) is 52.0 Å². The normalized spacial score (nSPS) is 33.2. The Morgan fingerprint density at radius 3 is 2.54 bits per heavy atom. The smallest absolute Gasteiger partial charge is 0.0625 e. The molecule has 1 aromatic carbocycles. The molecule has 0 spiro atoms. The van der Waals surface area contributed by atoms with Crippen LogP contribution in [0.25, 0.3) is 0 Å². The van der Waals surface area contributed by atoms with Crippen LogP contribution >= 0.6 is 0 Å². The number of nitrogens with zero attached hydrogens (tertiary/aromatic N) is 3. The van der Waals surface area contributed by atoms with Crippen molar-refractivity contribution >= 4 is 0 Å². The molecule has 1 aliphatic carbocycles. The molecule has 0 bridgehead atoms. The fourth-order valence-electron chi connectivity index (χ4n) is 4.87. The molecule has 4 heteroatoms. The largest absolute Gasteiger partial charge is 0.394 e. The Kier molecular flexibility index (Phi) is 4.65. The van der Waals surface area contributed by atoms with Crippen LogP contribution in [0.15, 0.2) is 30.3 Å². The number of hydrogen-bond donors (Lipinski definition) is 1. The van der Waals surface area contributed by atoms with Crippen LogP contribution < -0.4 is 0 Å². The van der Waals surface area contributed by atoms with Crippen LogP contribution in [0.1, 0.15) is 31.7 Å². The Morgan fingerprint density at radius 1 is 1.08 bits per heavy atom. The van der Waals surface area contributed by atoms with E-state index in [9.17, 15) is 5.11 Å². The SMILES string of the molecule is C[C@@]1(CO)CN(Cc2ccccc2)C[C@@H]2CN(C3CCC3)CCN21. The Morgan fingerprint density at radius 2 is 1.88 bits per heavy atom. The van der Waals surface area contributed by atoms with Crippen LogP contribution in [-0.4, -0.2) is 76.8 Å². The summed E-state index contributed by atoms with van der Waals surface area (Å²) in [5.41, 5.74) is 1.27. The Bertz CT molecular complexity index is 547. The minimum Gasteiger partial charge on any atom is -0.394 e. The predicted octanol–water partition coefficient (Wildman–Crippen LogP) is 1.79. The Hall–Kier alpha value is -0.940. The highest BCUT2D eigenvalue weighted by molar-refractivity contribution is 5.15. The lowest BCUT2D eigenvalue weighted by Gasteiger charge is -2.57. The van der Waals surface area contributed by atoms with E-state index in [0.717, 1.165) is 32.2 Å². The van der Waals surface area contributed by atoms with Gasteiger partial charge in [0.1, 0.15) is 0 Å². The van der Waals surface area contributed by atoms with Crippen LogP contribution in [0.4, 0.5) is 0 Å². The van der Waals surface area contributed by atoms with Crippen molar-refractivity contribution < 1.29 is 5.11 Å². The molecule has 3 aliphatic rings. The summed E-state index contributed by atoms with van der Waals surface area (Å²) in [6.07, 6.45) is 4.18. The van der Waals surface area contributed by atoms with Gasteiger partial charge >= 0.3 is 0 Å². The van der Waals surface area contributed by atoms with Gasteiger partial charge in [-0.2, -0.15) is 0 Å². The molecule has 1 N–H and O–H groups in total. The number of aliphatic hydroxyl groups is 1. The third-order valence-electron chi connectivity index (χ3n) is 6.42. The minimum absolute atomic E-state index is 0.108. The monoisotopic (exact) mass is 329 g/mol. The topological polar surface area (TPSA) is 30.0 Å². The molecule has 4 nitrogen and oxygen atoms in total. The van der Waals surface area contributed by atoms with Crippen molar-refractivity contribution in [3.63, 3.8) is 0 Å². The highest BCUT2D eigenvalue weighted by Crippen LogP contribution is 2.32. The highest BCUT2D eigenvalue weighted by Gasteiger charge is 2.45. The van der Waals surface area contributed by atoms with E-state index in [1.54, 1.807) is 0 Å². The van der Waals surface area contributed by atoms with E-state index in [4.69, 9.17) is 0 Å². The maximum absolute atomic E-state index is 10.1. The number of benzene rings is 1. The number of hydrogen-bond acceptors (Lipinski definition) is 4. The molecule has 0 unspecified atom stereocenters. The first kappa shape index (κ1) is 16.5. The summed E-state index contributed by atoms with van der Waals surface area (Å²) in [4.78, 5) is 7.87. The van der Waals surface area contributed by atoms with Gasteiger partial charge in [-0.25, -0.2) is 0 Å². The van der Waals surface area contributed by atoms with E-state index in [1.807, 2.05) is 0 Å². The zero-order valence-electron chi connectivity index (χ0n) is 14.9. The molecule has 2 heterocycles. The maximum atomic E-state index is 10.1. The van der Waals surface area contributed by atoms with E-state index in [1.165, 1.54) is 37.9 Å². The standard InChI is InChI=1S/C20H31N3O/c1-20(16-24)15-21(12-17-6-3-2-4-7-17)13-19-14-22(10-11-23(19)20)18-8-5-9-18/h2-4,6-7,18-19,24H,5,8-16H2,1H3/t19-,20+/m1/s1. The maximum Gasteiger partial charge on any atom is 0.0625 e. The highest BCUT2D eigenvalue weighted by atomic mass is 16.3. The molecule has 4 rings (SSSR count). The lowest BCUT2D eigenvalue weighted by molar-refractivity contribution is -0.104. The number of aliphatic hydroxyl groups excluding tert-OH is 1. The van der Waals surface area contributed by atoms with Gasteiger partial charge < -0.3 is 5.11 Å². The number of rotatable bonds is 4. The molecule has 3 fully saturated rings. The van der Waals surface area contributed by atoms with Crippen molar-refractivity contribution in [3.8, 4) is 0 Å². The molecule has 132 valence electrons. The van der Waals surface area contributed by atoms with Gasteiger partial charge in [-0.1, -0.05) is 36.8 Å². The summed E-state index contributed by atoms with van der Waals surface area (Å²) in [5.74, 6) is 0. The summed E-state index contributed by atoms with van der Waals surface area (Å²) >= 11 is 0. The number of fused-ring (bicyclic) bond motifs is 1. The van der Waals surface area contributed by atoms with Gasteiger partial charge in [-0.3, -0.25) is 14.7 Å². The second-order valence-electron chi connectivity index (χ2n) is 8.24. The fraction of sp³-hybridized carbons (Fsp3) is 0.700. The van der Waals surface area contributed by atoms with Crippen LogP contribution in [-0.2, 0) is 6.54 Å². The molecule has 2 saturated heterocycles. The average Bonchev–Trinajstić information content (AvgIpc) is 2.54. The van der Waals surface area contributed by atoms with Crippen LogP contribution in [0, 0.1) is 0 Å². The first-order valence-corrected chi connectivity index (χ1v) is 9.56. The Labute approximate surface area is 146 Å². The average molecular weight is 329 g/mol. The lowest BCUT2D eigenvalue weighted by atomic mass is 9.87. The molecule has 2 atom stereocenters. The van der Waals surface area contributed by atoms with Crippen molar-refractivity contribution in [1.29, 1.82) is 0 Å². The quantitative estimate of drug-likeness (QED) is 0.912. The van der Waals surface area contributed by atoms with Gasteiger partial charge in [-0.05, 0) is 25.3 Å². The number of piperazine rings is 2. The molecule has 1 saturated carbocycles. The van der Waals surface area contributed by atoms with Gasteiger partial charge in [0.2, 0.25) is 0 Å². The first-order valence-electron chi connectivity index (χ1n) is 9.56. The molecule has 1 aromatic rings. The van der Waals surface area contributed by atoms with Crippen molar-refractivity contribution in [2.75, 3.05) is 39.3 Å². The first-order chi connectivity index (χ1) is 11.7. The molecular weight excluding hydrogens is 298 g/mol. The lowest BCUT2D eigenvalue weighted by Crippen LogP contribution is -2.72. The van der Waals surface area contributed by atoms with Crippen molar-refractivity contribution in [3.05, 3.63) is 35.9 Å². The van der Waals surface area contributed by atoms with Crippen LogP contribution in [0.5, 0.6) is 0 Å². The third-order valence-corrected chi connectivity index (χ3v) is 6.42. The molecular formula is C20H31N3O. The fourth-order valence-corrected chi connectivity index (χ4v) is 4.87. The second kappa shape index (κ2) is 6.75. The molecule has 0 aromatic heterocycles. The third kappa shape index (κ3) is 3.13. The van der Waals surface area contributed by atoms with Gasteiger partial charge in [0.25, 0.3) is 0 Å². The zero-order valence-corrected chi connectivity index (χ0v) is 14.9. The predicted molar refractivity (Wildman–Crippen MR) is 96.9 cm³/mol. The van der Waals surface area contributed by atoms with Gasteiger partial charge in [0.15, 0.2) is 0 Å². The van der Waals surface area contributed by atoms with Gasteiger partial charge in [-0.15, -0.1) is 0 Å².